The summed E-state index contributed by atoms with van der Waals surface area (Å²) < 4.78 is 28.3. The molecule has 0 atom stereocenters. The maximum atomic E-state index is 13.6. The van der Waals surface area contributed by atoms with Crippen LogP contribution in [0.25, 0.3) is 10.4 Å². The zero-order chi connectivity index (χ0) is 36.6. The van der Waals surface area contributed by atoms with Crippen LogP contribution in [-0.2, 0) is 29.3 Å². The van der Waals surface area contributed by atoms with E-state index >= 15 is 0 Å². The van der Waals surface area contributed by atoms with Gasteiger partial charge in [-0.25, -0.2) is 4.79 Å². The lowest BCUT2D eigenvalue weighted by Crippen LogP contribution is -2.63. The third-order valence-corrected chi connectivity index (χ3v) is 12.8. The molecular formula is C37H48N6O7Si. The van der Waals surface area contributed by atoms with E-state index in [1.807, 2.05) is 34.3 Å². The average Bonchev–Trinajstić information content (AvgIpc) is 3.41. The van der Waals surface area contributed by atoms with Crippen LogP contribution in [-0.4, -0.2) is 114 Å². The molecule has 3 aromatic rings. The Morgan fingerprint density at radius 3 is 1.84 bits per heavy atom. The Labute approximate surface area is 300 Å². The van der Waals surface area contributed by atoms with Crippen LogP contribution in [0.2, 0.25) is 13.1 Å². The number of nitrogens with one attached hydrogen (secondary N) is 1. The number of fused-ring (bicyclic) bond motifs is 6. The topological polar surface area (TPSA) is 148 Å². The second kappa shape index (κ2) is 16.7. The lowest BCUT2D eigenvalue weighted by Gasteiger charge is -2.44. The predicted molar refractivity (Wildman–Crippen MR) is 200 cm³/mol. The van der Waals surface area contributed by atoms with E-state index in [9.17, 15) is 9.59 Å². The Balaban J connectivity index is 1.24. The van der Waals surface area contributed by atoms with Gasteiger partial charge in [0.05, 0.1) is 58.4 Å². The summed E-state index contributed by atoms with van der Waals surface area (Å²) in [6.07, 6.45) is 0. The summed E-state index contributed by atoms with van der Waals surface area (Å²) in [5, 5.41) is 8.73. The van der Waals surface area contributed by atoms with Gasteiger partial charge in [-0.15, -0.1) is 0 Å². The Hall–Kier alpha value is -4.43. The summed E-state index contributed by atoms with van der Waals surface area (Å²) in [7, 11) is 5.83. The van der Waals surface area contributed by atoms with Crippen molar-refractivity contribution in [2.24, 2.45) is 5.11 Å². The van der Waals surface area contributed by atoms with Crippen LogP contribution in [0.1, 0.15) is 37.4 Å². The summed E-state index contributed by atoms with van der Waals surface area (Å²) >= 11 is 0. The molecule has 0 aliphatic carbocycles. The van der Waals surface area contributed by atoms with Gasteiger partial charge < -0.3 is 38.8 Å². The van der Waals surface area contributed by atoms with E-state index < -0.39 is 19.6 Å². The number of rotatable bonds is 18. The highest BCUT2D eigenvalue weighted by molar-refractivity contribution is 7.01. The van der Waals surface area contributed by atoms with E-state index in [0.717, 1.165) is 22.5 Å². The highest BCUT2D eigenvalue weighted by Gasteiger charge is 2.56. The van der Waals surface area contributed by atoms with Crippen LogP contribution in [0.4, 0.5) is 11.4 Å². The van der Waals surface area contributed by atoms with Crippen molar-refractivity contribution in [2.75, 3.05) is 104 Å². The molecular weight excluding hydrogens is 669 g/mol. The molecule has 1 amide bonds. The summed E-state index contributed by atoms with van der Waals surface area (Å²) in [5.41, 5.74) is 12.7. The van der Waals surface area contributed by atoms with Crippen LogP contribution in [0.5, 0.6) is 0 Å². The highest BCUT2D eigenvalue weighted by atomic mass is 28.3. The van der Waals surface area contributed by atoms with E-state index in [0.29, 0.717) is 82.6 Å². The number of esters is 1. The second-order valence-corrected chi connectivity index (χ2v) is 17.7. The quantitative estimate of drug-likeness (QED) is 0.0522. The van der Waals surface area contributed by atoms with E-state index in [1.54, 1.807) is 12.1 Å². The number of carbonyl (C=O) groups is 2. The molecule has 2 aliphatic heterocycles. The molecule has 272 valence electrons. The third kappa shape index (κ3) is 8.06. The van der Waals surface area contributed by atoms with Gasteiger partial charge in [0.1, 0.15) is 8.07 Å². The van der Waals surface area contributed by atoms with E-state index in [4.69, 9.17) is 29.2 Å². The van der Waals surface area contributed by atoms with Crippen molar-refractivity contribution < 1.29 is 33.3 Å². The zero-order valence-corrected chi connectivity index (χ0v) is 31.4. The monoisotopic (exact) mass is 716 g/mol. The first-order valence-electron chi connectivity index (χ1n) is 17.1. The third-order valence-electron chi connectivity index (χ3n) is 9.32. The van der Waals surface area contributed by atoms with Crippen molar-refractivity contribution in [1.82, 2.24) is 5.32 Å². The standard InChI is InChI=1S/C37H48N6O7Si/c1-42(2)27-8-11-30-33(24-27)51(5,6)34-25-28(43(3)4)9-12-31(34)37(30)32-23-26(7-10-29(32)36(45)50-37)35(44)39-13-15-46-17-19-48-21-22-49-20-18-47-16-14-40-41-38/h7-12,23-25H,13-22H2,1-6H3,(H,39,44). The maximum Gasteiger partial charge on any atom is 0.340 e. The fourth-order valence-corrected chi connectivity index (χ4v) is 9.79. The van der Waals surface area contributed by atoms with E-state index in [2.05, 4.69) is 74.6 Å². The first-order chi connectivity index (χ1) is 24.5. The summed E-state index contributed by atoms with van der Waals surface area (Å²) in [4.78, 5) is 33.9. The van der Waals surface area contributed by atoms with Crippen molar-refractivity contribution in [3.8, 4) is 0 Å². The van der Waals surface area contributed by atoms with Gasteiger partial charge >= 0.3 is 5.97 Å². The number of nitrogens with zero attached hydrogens (tertiary/aromatic N) is 5. The van der Waals surface area contributed by atoms with Gasteiger partial charge in [-0.05, 0) is 58.4 Å². The van der Waals surface area contributed by atoms with Crippen molar-refractivity contribution in [3.63, 3.8) is 0 Å². The molecule has 2 aliphatic rings. The molecule has 0 unspecified atom stereocenters. The summed E-state index contributed by atoms with van der Waals surface area (Å²) in [6.45, 7) is 8.47. The predicted octanol–water partition coefficient (Wildman–Crippen LogP) is 3.52. The molecule has 1 N–H and O–H groups in total. The van der Waals surface area contributed by atoms with Gasteiger partial charge in [0.25, 0.3) is 5.91 Å². The number of hydrogen-bond acceptors (Lipinski definition) is 10. The number of benzene rings is 3. The smallest absolute Gasteiger partial charge is 0.340 e. The van der Waals surface area contributed by atoms with Crippen molar-refractivity contribution in [3.05, 3.63) is 92.9 Å². The molecule has 0 saturated carbocycles. The summed E-state index contributed by atoms with van der Waals surface area (Å²) in [6, 6.07) is 18.0. The minimum Gasteiger partial charge on any atom is -0.441 e. The summed E-state index contributed by atoms with van der Waals surface area (Å²) in [5.74, 6) is -0.665. The van der Waals surface area contributed by atoms with Gasteiger partial charge in [0, 0.05) is 79.8 Å². The zero-order valence-electron chi connectivity index (χ0n) is 30.4. The molecule has 51 heavy (non-hydrogen) atoms. The number of carbonyl (C=O) groups excluding carboxylic acids is 2. The highest BCUT2D eigenvalue weighted by Crippen LogP contribution is 2.49. The Morgan fingerprint density at radius 2 is 1.31 bits per heavy atom. The molecule has 1 spiro atoms. The van der Waals surface area contributed by atoms with E-state index in [-0.39, 0.29) is 5.91 Å². The Morgan fingerprint density at radius 1 is 0.784 bits per heavy atom. The number of hydrogen-bond donors (Lipinski definition) is 1. The van der Waals surface area contributed by atoms with Crippen LogP contribution in [0.15, 0.2) is 59.7 Å². The largest absolute Gasteiger partial charge is 0.441 e. The number of anilines is 2. The van der Waals surface area contributed by atoms with Crippen LogP contribution < -0.4 is 25.5 Å². The fraction of sp³-hybridized carbons (Fsp3) is 0.459. The fourth-order valence-electron chi connectivity index (χ4n) is 6.61. The van der Waals surface area contributed by atoms with Crippen molar-refractivity contribution >= 4 is 41.7 Å². The van der Waals surface area contributed by atoms with E-state index in [1.165, 1.54) is 10.4 Å². The average molecular weight is 717 g/mol. The molecule has 13 nitrogen and oxygen atoms in total. The van der Waals surface area contributed by atoms with Gasteiger partial charge in [-0.2, -0.15) is 0 Å². The van der Waals surface area contributed by atoms with Crippen LogP contribution in [0, 0.1) is 0 Å². The minimum atomic E-state index is -2.28. The first-order valence-corrected chi connectivity index (χ1v) is 20.1. The lowest BCUT2D eigenvalue weighted by molar-refractivity contribution is -0.000572. The Bertz CT molecular complexity index is 1710. The molecule has 0 saturated heterocycles. The Kier molecular flexibility index (Phi) is 12.4. The molecule has 0 fully saturated rings. The number of ether oxygens (including phenoxy) is 5. The molecule has 0 radical (unpaired) electrons. The van der Waals surface area contributed by atoms with Crippen molar-refractivity contribution in [1.29, 1.82) is 0 Å². The molecule has 14 heteroatoms. The number of amides is 1. The molecule has 2 heterocycles. The van der Waals surface area contributed by atoms with Gasteiger partial charge in [-0.1, -0.05) is 30.3 Å². The van der Waals surface area contributed by atoms with Crippen LogP contribution >= 0.6 is 0 Å². The minimum absolute atomic E-state index is 0.261. The normalized spacial score (nSPS) is 14.6. The lowest BCUT2D eigenvalue weighted by atomic mass is 9.78. The maximum absolute atomic E-state index is 13.6. The number of azide groups is 1. The first kappa shape index (κ1) is 37.8. The second-order valence-electron chi connectivity index (χ2n) is 13.4. The van der Waals surface area contributed by atoms with Crippen LogP contribution in [0.3, 0.4) is 0 Å². The molecule has 0 bridgehead atoms. The molecule has 0 aromatic heterocycles. The van der Waals surface area contributed by atoms with Crippen molar-refractivity contribution in [2.45, 2.75) is 18.7 Å². The van der Waals surface area contributed by atoms with Gasteiger partial charge in [0.2, 0.25) is 0 Å². The molecule has 5 rings (SSSR count). The molecule has 3 aromatic carbocycles. The van der Waals surface area contributed by atoms with Gasteiger partial charge in [-0.3, -0.25) is 4.79 Å². The van der Waals surface area contributed by atoms with Gasteiger partial charge in [0.15, 0.2) is 5.60 Å². The SMILES string of the molecule is CN(C)c1ccc2c(c1)[Si](C)(C)c1cc(N(C)C)ccc1C21OC(=O)c2ccc(C(=O)NCCOCCOCCOCCOCCN=[N+]=[N-])cc21.